The second-order valence-corrected chi connectivity index (χ2v) is 9.51. The van der Waals surface area contributed by atoms with Crippen molar-refractivity contribution in [3.63, 3.8) is 0 Å². The van der Waals surface area contributed by atoms with Crippen molar-refractivity contribution >= 4 is 35.1 Å². The number of hydrogen-bond donors (Lipinski definition) is 1. The number of ketones is 1. The van der Waals surface area contributed by atoms with Crippen LogP contribution in [0, 0.1) is 5.92 Å². The van der Waals surface area contributed by atoms with Crippen molar-refractivity contribution in [3.05, 3.63) is 70.5 Å². The van der Waals surface area contributed by atoms with E-state index in [0.29, 0.717) is 51.8 Å². The van der Waals surface area contributed by atoms with Crippen LogP contribution in [-0.2, 0) is 6.54 Å². The lowest BCUT2D eigenvalue weighted by Gasteiger charge is -2.21. The third kappa shape index (κ3) is 6.39. The smallest absolute Gasteiger partial charge is 0.253 e. The SMILES string of the molecule is CCn1c(SCC(=O)c2ccc(OC)cc2)nnc1[C@H](CC(C)C)NC(=O)c1ccccc1Cl. The van der Waals surface area contributed by atoms with Crippen molar-refractivity contribution in [2.75, 3.05) is 12.9 Å². The second-order valence-electron chi connectivity index (χ2n) is 8.16. The first-order chi connectivity index (χ1) is 16.3. The van der Waals surface area contributed by atoms with Gasteiger partial charge in [0.1, 0.15) is 5.75 Å². The first-order valence-electron chi connectivity index (χ1n) is 11.1. The molecule has 3 rings (SSSR count). The Balaban J connectivity index is 1.77. The van der Waals surface area contributed by atoms with Crippen LogP contribution in [0.4, 0.5) is 0 Å². The molecule has 7 nitrogen and oxygen atoms in total. The van der Waals surface area contributed by atoms with Crippen molar-refractivity contribution in [1.29, 1.82) is 0 Å². The highest BCUT2D eigenvalue weighted by atomic mass is 35.5. The summed E-state index contributed by atoms with van der Waals surface area (Å²) < 4.78 is 7.10. The molecule has 2 aromatic carbocycles. The van der Waals surface area contributed by atoms with Gasteiger partial charge in [0.2, 0.25) is 0 Å². The lowest BCUT2D eigenvalue weighted by molar-refractivity contribution is 0.0928. The molecule has 9 heteroatoms. The van der Waals surface area contributed by atoms with Gasteiger partial charge in [0.15, 0.2) is 16.8 Å². The molecule has 1 atom stereocenters. The first-order valence-corrected chi connectivity index (χ1v) is 12.5. The van der Waals surface area contributed by atoms with E-state index < -0.39 is 0 Å². The standard InChI is InChI=1S/C25H29ClN4O3S/c1-5-30-23(21(14-16(2)3)27-24(32)19-8-6-7-9-20(19)26)28-29-25(30)34-15-22(31)17-10-12-18(33-4)13-11-17/h6-13,16,21H,5,14-15H2,1-4H3,(H,27,32)/t21-/m0/s1. The maximum absolute atomic E-state index is 12.9. The molecule has 0 unspecified atom stereocenters. The molecule has 0 saturated carbocycles. The number of carbonyl (C=O) groups is 2. The molecule has 0 aliphatic heterocycles. The molecule has 0 spiro atoms. The van der Waals surface area contributed by atoms with E-state index in [4.69, 9.17) is 16.3 Å². The number of nitrogens with zero attached hydrogens (tertiary/aromatic N) is 3. The summed E-state index contributed by atoms with van der Waals surface area (Å²) in [5.74, 6) is 1.64. The molecular formula is C25H29ClN4O3S. The highest BCUT2D eigenvalue weighted by Crippen LogP contribution is 2.26. The van der Waals surface area contributed by atoms with Gasteiger partial charge in [-0.2, -0.15) is 0 Å². The topological polar surface area (TPSA) is 86.1 Å². The Kier molecular flexibility index (Phi) is 9.12. The number of rotatable bonds is 11. The fourth-order valence-electron chi connectivity index (χ4n) is 3.53. The molecule has 0 bridgehead atoms. The second kappa shape index (κ2) is 12.0. The van der Waals surface area contributed by atoms with Crippen LogP contribution in [0.15, 0.2) is 53.7 Å². The Morgan fingerprint density at radius 2 is 1.82 bits per heavy atom. The van der Waals surface area contributed by atoms with Crippen LogP contribution in [0.3, 0.4) is 0 Å². The molecule has 34 heavy (non-hydrogen) atoms. The lowest BCUT2D eigenvalue weighted by atomic mass is 10.0. The maximum Gasteiger partial charge on any atom is 0.253 e. The van der Waals surface area contributed by atoms with E-state index in [1.54, 1.807) is 55.6 Å². The molecular weight excluding hydrogens is 472 g/mol. The number of aromatic nitrogens is 3. The summed E-state index contributed by atoms with van der Waals surface area (Å²) in [6, 6.07) is 13.6. The normalized spacial score (nSPS) is 11.9. The van der Waals surface area contributed by atoms with Gasteiger partial charge in [0.05, 0.1) is 29.5 Å². The largest absolute Gasteiger partial charge is 0.497 e. The number of methoxy groups -OCH3 is 1. The molecule has 1 N–H and O–H groups in total. The van der Waals surface area contributed by atoms with Gasteiger partial charge in [0.25, 0.3) is 5.91 Å². The molecule has 1 amide bonds. The van der Waals surface area contributed by atoms with E-state index in [1.165, 1.54) is 11.8 Å². The summed E-state index contributed by atoms with van der Waals surface area (Å²) in [6.45, 7) is 6.78. The van der Waals surface area contributed by atoms with Crippen LogP contribution in [0.1, 0.15) is 59.8 Å². The van der Waals surface area contributed by atoms with E-state index in [9.17, 15) is 9.59 Å². The summed E-state index contributed by atoms with van der Waals surface area (Å²) in [6.07, 6.45) is 0.684. The fourth-order valence-corrected chi connectivity index (χ4v) is 4.66. The molecule has 0 fully saturated rings. The molecule has 0 saturated heterocycles. The summed E-state index contributed by atoms with van der Waals surface area (Å²) in [5, 5.41) is 12.8. The number of carbonyl (C=O) groups excluding carboxylic acids is 2. The highest BCUT2D eigenvalue weighted by Gasteiger charge is 2.25. The zero-order valence-corrected chi connectivity index (χ0v) is 21.3. The Labute approximate surface area is 209 Å². The zero-order valence-electron chi connectivity index (χ0n) is 19.7. The lowest BCUT2D eigenvalue weighted by Crippen LogP contribution is -2.31. The van der Waals surface area contributed by atoms with E-state index in [0.717, 1.165) is 0 Å². The highest BCUT2D eigenvalue weighted by molar-refractivity contribution is 7.99. The maximum atomic E-state index is 12.9. The Morgan fingerprint density at radius 3 is 2.44 bits per heavy atom. The summed E-state index contributed by atoms with van der Waals surface area (Å²) in [4.78, 5) is 25.6. The van der Waals surface area contributed by atoms with Crippen molar-refractivity contribution in [1.82, 2.24) is 20.1 Å². The number of halogens is 1. The van der Waals surface area contributed by atoms with Crippen molar-refractivity contribution in [2.24, 2.45) is 5.92 Å². The minimum Gasteiger partial charge on any atom is -0.497 e. The van der Waals surface area contributed by atoms with E-state index in [2.05, 4.69) is 29.4 Å². The minimum absolute atomic E-state index is 0.00870. The van der Waals surface area contributed by atoms with Crippen LogP contribution in [0.5, 0.6) is 5.75 Å². The van der Waals surface area contributed by atoms with Gasteiger partial charge >= 0.3 is 0 Å². The molecule has 0 aliphatic carbocycles. The predicted molar refractivity (Wildman–Crippen MR) is 135 cm³/mol. The third-order valence-corrected chi connectivity index (χ3v) is 6.54. The van der Waals surface area contributed by atoms with Gasteiger partial charge in [-0.15, -0.1) is 10.2 Å². The van der Waals surface area contributed by atoms with Crippen LogP contribution < -0.4 is 10.1 Å². The van der Waals surface area contributed by atoms with Gasteiger partial charge in [0, 0.05) is 12.1 Å². The average molecular weight is 501 g/mol. The van der Waals surface area contributed by atoms with Gasteiger partial charge < -0.3 is 14.6 Å². The molecule has 1 aromatic heterocycles. The number of nitrogens with one attached hydrogen (secondary N) is 1. The van der Waals surface area contributed by atoms with E-state index >= 15 is 0 Å². The number of Topliss-reactive ketones (excluding diaryl/α,β-unsaturated/α-hetero) is 1. The predicted octanol–water partition coefficient (Wildman–Crippen LogP) is 5.45. The first kappa shape index (κ1) is 25.8. The van der Waals surface area contributed by atoms with Crippen molar-refractivity contribution < 1.29 is 14.3 Å². The number of hydrogen-bond acceptors (Lipinski definition) is 6. The summed E-state index contributed by atoms with van der Waals surface area (Å²) >= 11 is 7.55. The quantitative estimate of drug-likeness (QED) is 0.278. The number of ether oxygens (including phenoxy) is 1. The third-order valence-electron chi connectivity index (χ3n) is 5.25. The van der Waals surface area contributed by atoms with E-state index in [-0.39, 0.29) is 23.5 Å². The van der Waals surface area contributed by atoms with Crippen LogP contribution in [-0.4, -0.2) is 39.3 Å². The Bertz CT molecular complexity index is 1130. The van der Waals surface area contributed by atoms with Crippen LogP contribution in [0.2, 0.25) is 5.02 Å². The number of amides is 1. The van der Waals surface area contributed by atoms with E-state index in [1.807, 2.05) is 11.5 Å². The van der Waals surface area contributed by atoms with Crippen LogP contribution >= 0.6 is 23.4 Å². The molecule has 180 valence electrons. The minimum atomic E-state index is -0.345. The molecule has 0 radical (unpaired) electrons. The Hall–Kier alpha value is -2.84. The van der Waals surface area contributed by atoms with Gasteiger partial charge in [-0.1, -0.05) is 49.3 Å². The molecule has 0 aliphatic rings. The fraction of sp³-hybridized carbons (Fsp3) is 0.360. The monoisotopic (exact) mass is 500 g/mol. The summed E-state index contributed by atoms with van der Waals surface area (Å²) in [5.41, 5.74) is 1.03. The van der Waals surface area contributed by atoms with Gasteiger partial charge in [-0.05, 0) is 55.7 Å². The van der Waals surface area contributed by atoms with Gasteiger partial charge in [-0.25, -0.2) is 0 Å². The number of thioether (sulfide) groups is 1. The van der Waals surface area contributed by atoms with Crippen LogP contribution in [0.25, 0.3) is 0 Å². The zero-order chi connectivity index (χ0) is 24.7. The summed E-state index contributed by atoms with van der Waals surface area (Å²) in [7, 11) is 1.59. The number of benzene rings is 2. The Morgan fingerprint density at radius 1 is 1.12 bits per heavy atom. The molecule has 1 heterocycles. The van der Waals surface area contributed by atoms with Crippen molar-refractivity contribution in [2.45, 2.75) is 44.9 Å². The molecule has 3 aromatic rings. The average Bonchev–Trinajstić information content (AvgIpc) is 3.25. The van der Waals surface area contributed by atoms with Gasteiger partial charge in [-0.3, -0.25) is 9.59 Å². The van der Waals surface area contributed by atoms with Crippen molar-refractivity contribution in [3.8, 4) is 5.75 Å².